The highest BCUT2D eigenvalue weighted by Gasteiger charge is 2.14. The Balaban J connectivity index is 2.81. The van der Waals surface area contributed by atoms with Crippen molar-refractivity contribution < 1.29 is 9.90 Å². The number of nitrogens with zero attached hydrogens (tertiary/aromatic N) is 2. The lowest BCUT2D eigenvalue weighted by atomic mass is 10.2. The van der Waals surface area contributed by atoms with Crippen LogP contribution in [-0.2, 0) is 11.3 Å². The first-order chi connectivity index (χ1) is 8.38. The van der Waals surface area contributed by atoms with Crippen molar-refractivity contribution in [1.29, 1.82) is 0 Å². The molecule has 5 nitrogen and oxygen atoms in total. The summed E-state index contributed by atoms with van der Waals surface area (Å²) in [5.41, 5.74) is 6.65. The molecule has 0 aliphatic carbocycles. The number of aryl methyl sites for hydroxylation is 1. The first-order valence-corrected chi connectivity index (χ1v) is 6.04. The molecule has 1 aromatic rings. The van der Waals surface area contributed by atoms with E-state index in [1.165, 1.54) is 0 Å². The molecule has 1 aromatic heterocycles. The number of rotatable bonds is 6. The third-order valence-electron chi connectivity index (χ3n) is 2.47. The zero-order valence-corrected chi connectivity index (χ0v) is 11.2. The summed E-state index contributed by atoms with van der Waals surface area (Å²) in [6, 6.07) is 3.37. The standard InChI is InChI=1S/C13H21N3O2/c1-9(2)6-16(8-13(14)18)7-11-12(17)5-4-10(3)15-11/h4-5,9,17H,6-8H2,1-3H3,(H2,14,18). The number of carbonyl (C=O) groups excluding carboxylic acids is 1. The molecule has 1 heterocycles. The molecule has 100 valence electrons. The molecule has 5 heteroatoms. The lowest BCUT2D eigenvalue weighted by Gasteiger charge is -2.22. The number of nitrogens with two attached hydrogens (primary N) is 1. The number of hydrogen-bond donors (Lipinski definition) is 2. The molecule has 0 radical (unpaired) electrons. The SMILES string of the molecule is Cc1ccc(O)c(CN(CC(N)=O)CC(C)C)n1. The van der Waals surface area contributed by atoms with Gasteiger partial charge < -0.3 is 10.8 Å². The second kappa shape index (κ2) is 6.35. The molecule has 1 amide bonds. The molecule has 0 bridgehead atoms. The average molecular weight is 251 g/mol. The number of amides is 1. The van der Waals surface area contributed by atoms with Crippen LogP contribution < -0.4 is 5.73 Å². The number of primary amides is 1. The molecule has 0 aliphatic heterocycles. The van der Waals surface area contributed by atoms with Gasteiger partial charge >= 0.3 is 0 Å². The Hall–Kier alpha value is -1.62. The maximum absolute atomic E-state index is 11.0. The Morgan fingerprint density at radius 3 is 2.72 bits per heavy atom. The van der Waals surface area contributed by atoms with Crippen molar-refractivity contribution in [2.24, 2.45) is 11.7 Å². The summed E-state index contributed by atoms with van der Waals surface area (Å²) in [5, 5.41) is 9.75. The maximum Gasteiger partial charge on any atom is 0.231 e. The van der Waals surface area contributed by atoms with Crippen molar-refractivity contribution in [3.63, 3.8) is 0 Å². The molecular formula is C13H21N3O2. The maximum atomic E-state index is 11.0. The van der Waals surface area contributed by atoms with Crippen molar-refractivity contribution in [2.75, 3.05) is 13.1 Å². The number of pyridine rings is 1. The van der Waals surface area contributed by atoms with E-state index >= 15 is 0 Å². The van der Waals surface area contributed by atoms with Crippen LogP contribution in [0, 0.1) is 12.8 Å². The lowest BCUT2D eigenvalue weighted by molar-refractivity contribution is -0.119. The quantitative estimate of drug-likeness (QED) is 0.791. The van der Waals surface area contributed by atoms with Crippen LogP contribution in [0.4, 0.5) is 0 Å². The van der Waals surface area contributed by atoms with Crippen LogP contribution >= 0.6 is 0 Å². The van der Waals surface area contributed by atoms with Gasteiger partial charge in [-0.3, -0.25) is 14.7 Å². The second-order valence-electron chi connectivity index (χ2n) is 4.95. The highest BCUT2D eigenvalue weighted by Crippen LogP contribution is 2.17. The molecule has 0 fully saturated rings. The van der Waals surface area contributed by atoms with Crippen molar-refractivity contribution in [3.05, 3.63) is 23.5 Å². The molecule has 0 saturated heterocycles. The fourth-order valence-electron chi connectivity index (χ4n) is 1.85. The first kappa shape index (κ1) is 14.4. The van der Waals surface area contributed by atoms with E-state index in [4.69, 9.17) is 5.73 Å². The highest BCUT2D eigenvalue weighted by atomic mass is 16.3. The van der Waals surface area contributed by atoms with E-state index in [1.54, 1.807) is 12.1 Å². The molecule has 3 N–H and O–H groups in total. The summed E-state index contributed by atoms with van der Waals surface area (Å²) in [6.45, 7) is 7.33. The third kappa shape index (κ3) is 4.71. The van der Waals surface area contributed by atoms with Crippen molar-refractivity contribution in [1.82, 2.24) is 9.88 Å². The number of hydrogen-bond acceptors (Lipinski definition) is 4. The smallest absolute Gasteiger partial charge is 0.231 e. The van der Waals surface area contributed by atoms with E-state index in [1.807, 2.05) is 11.8 Å². The monoisotopic (exact) mass is 251 g/mol. The second-order valence-corrected chi connectivity index (χ2v) is 4.95. The van der Waals surface area contributed by atoms with E-state index < -0.39 is 0 Å². The van der Waals surface area contributed by atoms with E-state index in [9.17, 15) is 9.90 Å². The van der Waals surface area contributed by atoms with Crippen LogP contribution in [0.15, 0.2) is 12.1 Å². The predicted molar refractivity (Wildman–Crippen MR) is 69.9 cm³/mol. The molecule has 0 unspecified atom stereocenters. The molecular weight excluding hydrogens is 230 g/mol. The summed E-state index contributed by atoms with van der Waals surface area (Å²) < 4.78 is 0. The third-order valence-corrected chi connectivity index (χ3v) is 2.47. The topological polar surface area (TPSA) is 79.5 Å². The van der Waals surface area contributed by atoms with Gasteiger partial charge in [0, 0.05) is 18.8 Å². The fourth-order valence-corrected chi connectivity index (χ4v) is 1.85. The zero-order chi connectivity index (χ0) is 13.7. The Bertz CT molecular complexity index is 419. The van der Waals surface area contributed by atoms with Crippen LogP contribution in [0.25, 0.3) is 0 Å². The Labute approximate surface area is 108 Å². The van der Waals surface area contributed by atoms with Crippen LogP contribution in [0.5, 0.6) is 5.75 Å². The van der Waals surface area contributed by atoms with Gasteiger partial charge in [-0.25, -0.2) is 0 Å². The van der Waals surface area contributed by atoms with Crippen LogP contribution in [0.1, 0.15) is 25.2 Å². The van der Waals surface area contributed by atoms with Gasteiger partial charge in [-0.1, -0.05) is 13.8 Å². The highest BCUT2D eigenvalue weighted by molar-refractivity contribution is 5.75. The van der Waals surface area contributed by atoms with Gasteiger partial charge in [0.1, 0.15) is 5.75 Å². The van der Waals surface area contributed by atoms with Gasteiger partial charge in [-0.05, 0) is 25.0 Å². The molecule has 0 saturated carbocycles. The summed E-state index contributed by atoms with van der Waals surface area (Å²) in [5.74, 6) is 0.193. The molecule has 0 aliphatic rings. The van der Waals surface area contributed by atoms with E-state index in [0.717, 1.165) is 12.2 Å². The molecule has 0 aromatic carbocycles. The van der Waals surface area contributed by atoms with Gasteiger partial charge in [0.15, 0.2) is 0 Å². The van der Waals surface area contributed by atoms with Gasteiger partial charge in [-0.2, -0.15) is 0 Å². The number of aromatic hydroxyl groups is 1. The summed E-state index contributed by atoms with van der Waals surface area (Å²) >= 11 is 0. The van der Waals surface area contributed by atoms with E-state index in [-0.39, 0.29) is 18.2 Å². The first-order valence-electron chi connectivity index (χ1n) is 6.04. The zero-order valence-electron chi connectivity index (χ0n) is 11.2. The number of carbonyl (C=O) groups is 1. The minimum Gasteiger partial charge on any atom is -0.506 e. The summed E-state index contributed by atoms with van der Waals surface area (Å²) in [4.78, 5) is 17.2. The Kier molecular flexibility index (Phi) is 5.09. The molecule has 0 spiro atoms. The van der Waals surface area contributed by atoms with Gasteiger partial charge in [0.05, 0.1) is 12.2 Å². The minimum absolute atomic E-state index is 0.152. The van der Waals surface area contributed by atoms with E-state index in [0.29, 0.717) is 18.2 Å². The van der Waals surface area contributed by atoms with Gasteiger partial charge in [0.2, 0.25) is 5.91 Å². The summed E-state index contributed by atoms with van der Waals surface area (Å²) in [7, 11) is 0. The Morgan fingerprint density at radius 2 is 2.17 bits per heavy atom. The van der Waals surface area contributed by atoms with Crippen LogP contribution in [0.3, 0.4) is 0 Å². The Morgan fingerprint density at radius 1 is 1.50 bits per heavy atom. The van der Waals surface area contributed by atoms with Crippen molar-refractivity contribution >= 4 is 5.91 Å². The molecule has 1 rings (SSSR count). The van der Waals surface area contributed by atoms with Crippen LogP contribution in [0.2, 0.25) is 0 Å². The molecule has 18 heavy (non-hydrogen) atoms. The van der Waals surface area contributed by atoms with E-state index in [2.05, 4.69) is 18.8 Å². The molecule has 0 atom stereocenters. The fraction of sp³-hybridized carbons (Fsp3) is 0.538. The van der Waals surface area contributed by atoms with Crippen molar-refractivity contribution in [3.8, 4) is 5.75 Å². The largest absolute Gasteiger partial charge is 0.506 e. The number of aromatic nitrogens is 1. The lowest BCUT2D eigenvalue weighted by Crippen LogP contribution is -2.36. The van der Waals surface area contributed by atoms with Gasteiger partial charge in [0.25, 0.3) is 0 Å². The van der Waals surface area contributed by atoms with Gasteiger partial charge in [-0.15, -0.1) is 0 Å². The summed E-state index contributed by atoms with van der Waals surface area (Å²) in [6.07, 6.45) is 0. The minimum atomic E-state index is -0.372. The van der Waals surface area contributed by atoms with Crippen molar-refractivity contribution in [2.45, 2.75) is 27.3 Å². The predicted octanol–water partition coefficient (Wildman–Crippen LogP) is 1.04. The average Bonchev–Trinajstić information content (AvgIpc) is 2.21. The normalized spacial score (nSPS) is 11.2. The van der Waals surface area contributed by atoms with Crippen LogP contribution in [-0.4, -0.2) is 34.0 Å².